The second kappa shape index (κ2) is 9.27. The molecule has 0 N–H and O–H groups in total. The lowest BCUT2D eigenvalue weighted by molar-refractivity contribution is 0.0762. The van der Waals surface area contributed by atoms with Crippen LogP contribution >= 0.6 is 0 Å². The highest BCUT2D eigenvalue weighted by Gasteiger charge is 2.28. The zero-order chi connectivity index (χ0) is 20.1. The molecule has 0 unspecified atom stereocenters. The molecule has 0 aliphatic carbocycles. The second-order valence-corrected chi connectivity index (χ2v) is 9.61. The molecule has 0 bridgehead atoms. The Kier molecular flexibility index (Phi) is 6.99. The number of hydrogen-bond acceptors (Lipinski definition) is 4. The number of likely N-dealkylation sites (tertiary alicyclic amines) is 1. The number of rotatable bonds is 6. The van der Waals surface area contributed by atoms with Crippen LogP contribution in [0, 0.1) is 0 Å². The Morgan fingerprint density at radius 2 is 1.50 bits per heavy atom. The standard InChI is InChI=1S/C21H33N3O3S/c1-3-24(4-2)28(26,27)18-11-12-20(22-13-9-10-14-22)19(17-18)21(25)23-15-7-5-6-8-16-23/h11-12,17H,3-10,13-16H2,1-2H3. The SMILES string of the molecule is CCN(CC)S(=O)(=O)c1ccc(N2CCCC2)c(C(=O)N2CCCCCC2)c1. The summed E-state index contributed by atoms with van der Waals surface area (Å²) < 4.78 is 27.5. The van der Waals surface area contributed by atoms with Crippen LogP contribution in [0.4, 0.5) is 5.69 Å². The van der Waals surface area contributed by atoms with Crippen molar-refractivity contribution in [2.75, 3.05) is 44.2 Å². The summed E-state index contributed by atoms with van der Waals surface area (Å²) in [7, 11) is -3.59. The number of amides is 1. The van der Waals surface area contributed by atoms with Crippen LogP contribution in [0.5, 0.6) is 0 Å². The van der Waals surface area contributed by atoms with Gasteiger partial charge in [0.05, 0.1) is 10.5 Å². The minimum atomic E-state index is -3.59. The van der Waals surface area contributed by atoms with Gasteiger partial charge in [-0.05, 0) is 43.9 Å². The molecule has 2 heterocycles. The first-order chi connectivity index (χ1) is 13.5. The molecule has 7 heteroatoms. The Morgan fingerprint density at radius 3 is 2.07 bits per heavy atom. The summed E-state index contributed by atoms with van der Waals surface area (Å²) in [5.41, 5.74) is 1.42. The van der Waals surface area contributed by atoms with Crippen molar-refractivity contribution >= 4 is 21.6 Å². The highest BCUT2D eigenvalue weighted by atomic mass is 32.2. The summed E-state index contributed by atoms with van der Waals surface area (Å²) in [6, 6.07) is 5.13. The van der Waals surface area contributed by atoms with Gasteiger partial charge in [-0.2, -0.15) is 4.31 Å². The molecule has 28 heavy (non-hydrogen) atoms. The maximum atomic E-state index is 13.4. The van der Waals surface area contributed by atoms with E-state index in [1.807, 2.05) is 24.8 Å². The number of carbonyl (C=O) groups excluding carboxylic acids is 1. The molecule has 3 rings (SSSR count). The van der Waals surface area contributed by atoms with Gasteiger partial charge >= 0.3 is 0 Å². The first-order valence-corrected chi connectivity index (χ1v) is 12.1. The second-order valence-electron chi connectivity index (χ2n) is 7.67. The molecule has 6 nitrogen and oxygen atoms in total. The van der Waals surface area contributed by atoms with Crippen molar-refractivity contribution in [3.8, 4) is 0 Å². The van der Waals surface area contributed by atoms with Crippen molar-refractivity contribution in [3.63, 3.8) is 0 Å². The van der Waals surface area contributed by atoms with Gasteiger partial charge < -0.3 is 9.80 Å². The first kappa shape index (κ1) is 21.1. The third kappa shape index (κ3) is 4.35. The molecule has 0 aromatic heterocycles. The smallest absolute Gasteiger partial charge is 0.256 e. The molecule has 0 atom stereocenters. The van der Waals surface area contributed by atoms with Gasteiger partial charge in [0.2, 0.25) is 10.0 Å². The lowest BCUT2D eigenvalue weighted by atomic mass is 10.1. The van der Waals surface area contributed by atoms with Gasteiger partial charge in [-0.1, -0.05) is 26.7 Å². The summed E-state index contributed by atoms with van der Waals surface area (Å²) in [5.74, 6) is -0.0274. The predicted octanol–water partition coefficient (Wildman–Crippen LogP) is 3.33. The van der Waals surface area contributed by atoms with E-state index in [0.717, 1.165) is 70.4 Å². The van der Waals surface area contributed by atoms with Gasteiger partial charge in [-0.25, -0.2) is 8.42 Å². The number of nitrogens with zero attached hydrogens (tertiary/aromatic N) is 3. The van der Waals surface area contributed by atoms with Crippen LogP contribution < -0.4 is 4.90 Å². The third-order valence-corrected chi connectivity index (χ3v) is 7.93. The minimum Gasteiger partial charge on any atom is -0.371 e. The van der Waals surface area contributed by atoms with Crippen LogP contribution in [-0.2, 0) is 10.0 Å². The number of anilines is 1. The number of hydrogen-bond donors (Lipinski definition) is 0. The van der Waals surface area contributed by atoms with Crippen LogP contribution in [-0.4, -0.2) is 62.8 Å². The Labute approximate surface area is 169 Å². The third-order valence-electron chi connectivity index (χ3n) is 5.88. The highest BCUT2D eigenvalue weighted by molar-refractivity contribution is 7.89. The number of benzene rings is 1. The minimum absolute atomic E-state index is 0.0274. The lowest BCUT2D eigenvalue weighted by Gasteiger charge is -2.27. The summed E-state index contributed by atoms with van der Waals surface area (Å²) in [6.45, 7) is 7.86. The van der Waals surface area contributed by atoms with E-state index >= 15 is 0 Å². The molecule has 1 aromatic rings. The summed E-state index contributed by atoms with van der Waals surface area (Å²) in [4.78, 5) is 17.8. The Hall–Kier alpha value is -1.60. The highest BCUT2D eigenvalue weighted by Crippen LogP contribution is 2.30. The van der Waals surface area contributed by atoms with Crippen molar-refractivity contribution in [2.24, 2.45) is 0 Å². The first-order valence-electron chi connectivity index (χ1n) is 10.7. The average molecular weight is 408 g/mol. The van der Waals surface area contributed by atoms with Crippen molar-refractivity contribution in [1.82, 2.24) is 9.21 Å². The summed E-state index contributed by atoms with van der Waals surface area (Å²) >= 11 is 0. The Balaban J connectivity index is 2.02. The molecule has 0 spiro atoms. The molecular formula is C21H33N3O3S. The molecule has 2 fully saturated rings. The molecule has 156 valence electrons. The maximum Gasteiger partial charge on any atom is 0.256 e. The van der Waals surface area contributed by atoms with Crippen LogP contribution in [0.15, 0.2) is 23.1 Å². The van der Waals surface area contributed by atoms with E-state index in [1.54, 1.807) is 12.1 Å². The van der Waals surface area contributed by atoms with E-state index in [9.17, 15) is 13.2 Å². The maximum absolute atomic E-state index is 13.4. The predicted molar refractivity (Wildman–Crippen MR) is 112 cm³/mol. The fourth-order valence-electron chi connectivity index (χ4n) is 4.24. The van der Waals surface area contributed by atoms with Gasteiger partial charge in [-0.15, -0.1) is 0 Å². The normalized spacial score (nSPS) is 18.5. The van der Waals surface area contributed by atoms with Gasteiger partial charge in [0.15, 0.2) is 0 Å². The zero-order valence-electron chi connectivity index (χ0n) is 17.2. The fourth-order valence-corrected chi connectivity index (χ4v) is 5.72. The molecule has 0 radical (unpaired) electrons. The van der Waals surface area contributed by atoms with Crippen molar-refractivity contribution in [3.05, 3.63) is 23.8 Å². The lowest BCUT2D eigenvalue weighted by Crippen LogP contribution is -2.34. The molecule has 1 amide bonds. The van der Waals surface area contributed by atoms with Gasteiger partial charge in [-0.3, -0.25) is 4.79 Å². The molecule has 2 saturated heterocycles. The van der Waals surface area contributed by atoms with E-state index in [4.69, 9.17) is 0 Å². The molecule has 0 saturated carbocycles. The zero-order valence-corrected chi connectivity index (χ0v) is 18.0. The van der Waals surface area contributed by atoms with Crippen molar-refractivity contribution in [2.45, 2.75) is 57.3 Å². The molecule has 2 aliphatic heterocycles. The Morgan fingerprint density at radius 1 is 0.929 bits per heavy atom. The largest absolute Gasteiger partial charge is 0.371 e. The molecule has 2 aliphatic rings. The topological polar surface area (TPSA) is 60.9 Å². The van der Waals surface area contributed by atoms with E-state index in [2.05, 4.69) is 4.90 Å². The van der Waals surface area contributed by atoms with Crippen molar-refractivity contribution < 1.29 is 13.2 Å². The molecule has 1 aromatic carbocycles. The van der Waals surface area contributed by atoms with Crippen LogP contribution in [0.25, 0.3) is 0 Å². The average Bonchev–Trinajstić information content (AvgIpc) is 3.10. The van der Waals surface area contributed by atoms with Gasteiger partial charge in [0.25, 0.3) is 5.91 Å². The van der Waals surface area contributed by atoms with Crippen LogP contribution in [0.2, 0.25) is 0 Å². The van der Waals surface area contributed by atoms with Crippen LogP contribution in [0.1, 0.15) is 62.7 Å². The quantitative estimate of drug-likeness (QED) is 0.726. The van der Waals surface area contributed by atoms with Gasteiger partial charge in [0.1, 0.15) is 0 Å². The summed E-state index contributed by atoms with van der Waals surface area (Å²) in [6.07, 6.45) is 6.55. The number of sulfonamides is 1. The Bertz CT molecular complexity index is 776. The fraction of sp³-hybridized carbons (Fsp3) is 0.667. The van der Waals surface area contributed by atoms with Crippen LogP contribution in [0.3, 0.4) is 0 Å². The van der Waals surface area contributed by atoms with E-state index in [1.165, 1.54) is 4.31 Å². The summed E-state index contributed by atoms with van der Waals surface area (Å²) in [5, 5.41) is 0. The van der Waals surface area contributed by atoms with Crippen molar-refractivity contribution in [1.29, 1.82) is 0 Å². The molecular weight excluding hydrogens is 374 g/mol. The van der Waals surface area contributed by atoms with E-state index < -0.39 is 10.0 Å². The number of carbonyl (C=O) groups is 1. The van der Waals surface area contributed by atoms with E-state index in [0.29, 0.717) is 18.7 Å². The van der Waals surface area contributed by atoms with Gasteiger partial charge in [0, 0.05) is 45.0 Å². The monoisotopic (exact) mass is 407 g/mol. The van der Waals surface area contributed by atoms with E-state index in [-0.39, 0.29) is 10.8 Å².